The molecule has 0 fully saturated rings. The van der Waals surface area contributed by atoms with Crippen molar-refractivity contribution in [2.24, 2.45) is 4.99 Å². The number of rotatable bonds is 6. The Balaban J connectivity index is 1.81. The third-order valence-corrected chi connectivity index (χ3v) is 5.13. The lowest BCUT2D eigenvalue weighted by Crippen LogP contribution is -2.40. The average Bonchev–Trinajstić information content (AvgIpc) is 2.88. The second-order valence-electron chi connectivity index (χ2n) is 5.95. The van der Waals surface area contributed by atoms with Crippen molar-refractivity contribution < 1.29 is 8.78 Å². The van der Waals surface area contributed by atoms with Gasteiger partial charge in [0.2, 0.25) is 0 Å². The molecule has 0 spiro atoms. The van der Waals surface area contributed by atoms with E-state index >= 15 is 0 Å². The van der Waals surface area contributed by atoms with Crippen LogP contribution < -0.4 is 10.6 Å². The van der Waals surface area contributed by atoms with E-state index in [4.69, 9.17) is 0 Å². The normalized spacial score (nSPS) is 13.0. The Morgan fingerprint density at radius 3 is 2.64 bits per heavy atom. The van der Waals surface area contributed by atoms with E-state index in [9.17, 15) is 8.78 Å². The number of thiazole rings is 1. The van der Waals surface area contributed by atoms with Crippen LogP contribution in [0, 0.1) is 25.5 Å². The van der Waals surface area contributed by atoms with Crippen LogP contribution in [0.1, 0.15) is 34.0 Å². The van der Waals surface area contributed by atoms with Crippen LogP contribution >= 0.6 is 11.3 Å². The van der Waals surface area contributed by atoms with E-state index in [0.29, 0.717) is 24.6 Å². The van der Waals surface area contributed by atoms with Crippen molar-refractivity contribution >= 4 is 17.3 Å². The van der Waals surface area contributed by atoms with Crippen LogP contribution in [0.5, 0.6) is 0 Å². The molecule has 0 saturated heterocycles. The van der Waals surface area contributed by atoms with Gasteiger partial charge in [-0.1, -0.05) is 13.0 Å². The zero-order valence-electron chi connectivity index (χ0n) is 15.0. The number of halogens is 2. The largest absolute Gasteiger partial charge is 0.356 e. The predicted molar refractivity (Wildman–Crippen MR) is 99.4 cm³/mol. The third-order valence-electron chi connectivity index (χ3n) is 4.00. The van der Waals surface area contributed by atoms with E-state index in [-0.39, 0.29) is 5.92 Å². The average molecular weight is 366 g/mol. The third kappa shape index (κ3) is 5.49. The van der Waals surface area contributed by atoms with Gasteiger partial charge in [0, 0.05) is 43.4 Å². The number of hydrogen-bond acceptors (Lipinski definition) is 3. The quantitative estimate of drug-likeness (QED) is 0.607. The highest BCUT2D eigenvalue weighted by molar-refractivity contribution is 7.11. The van der Waals surface area contributed by atoms with Gasteiger partial charge in [-0.2, -0.15) is 0 Å². The molecule has 2 rings (SSSR count). The van der Waals surface area contributed by atoms with Crippen molar-refractivity contribution in [2.75, 3.05) is 20.1 Å². The molecule has 2 aromatic rings. The van der Waals surface area contributed by atoms with Crippen molar-refractivity contribution in [2.45, 2.75) is 33.1 Å². The summed E-state index contributed by atoms with van der Waals surface area (Å²) in [6.07, 6.45) is 0.822. The van der Waals surface area contributed by atoms with Gasteiger partial charge < -0.3 is 10.6 Å². The second-order valence-corrected chi connectivity index (χ2v) is 7.23. The molecule has 1 aromatic carbocycles. The lowest BCUT2D eigenvalue weighted by atomic mass is 10.0. The molecule has 1 atom stereocenters. The molecule has 0 bridgehead atoms. The Labute approximate surface area is 151 Å². The summed E-state index contributed by atoms with van der Waals surface area (Å²) in [5, 5.41) is 7.50. The summed E-state index contributed by atoms with van der Waals surface area (Å²) in [5.74, 6) is -0.541. The van der Waals surface area contributed by atoms with Gasteiger partial charge in [-0.3, -0.25) is 4.99 Å². The van der Waals surface area contributed by atoms with Crippen LogP contribution in [-0.4, -0.2) is 31.1 Å². The monoisotopic (exact) mass is 366 g/mol. The molecule has 1 heterocycles. The molecule has 4 nitrogen and oxygen atoms in total. The fraction of sp³-hybridized carbons (Fsp3) is 0.444. The first-order valence-electron chi connectivity index (χ1n) is 8.23. The highest BCUT2D eigenvalue weighted by Gasteiger charge is 2.12. The van der Waals surface area contributed by atoms with Gasteiger partial charge in [0.15, 0.2) is 5.96 Å². The molecule has 25 heavy (non-hydrogen) atoms. The molecule has 0 aliphatic carbocycles. The van der Waals surface area contributed by atoms with Crippen LogP contribution in [0.25, 0.3) is 0 Å². The van der Waals surface area contributed by atoms with E-state index < -0.39 is 11.6 Å². The highest BCUT2D eigenvalue weighted by atomic mass is 32.1. The Bertz CT molecular complexity index is 723. The van der Waals surface area contributed by atoms with E-state index in [2.05, 4.69) is 27.5 Å². The first-order chi connectivity index (χ1) is 11.9. The maximum Gasteiger partial charge on any atom is 0.191 e. The zero-order valence-corrected chi connectivity index (χ0v) is 15.8. The first kappa shape index (κ1) is 19.3. The maximum atomic E-state index is 13.8. The number of aliphatic imine (C=N–C) groups is 1. The van der Waals surface area contributed by atoms with Crippen molar-refractivity contribution in [3.63, 3.8) is 0 Å². The molecule has 7 heteroatoms. The van der Waals surface area contributed by atoms with Crippen LogP contribution in [-0.2, 0) is 6.42 Å². The number of aryl methyl sites for hydroxylation is 2. The van der Waals surface area contributed by atoms with Crippen molar-refractivity contribution in [1.82, 2.24) is 15.6 Å². The van der Waals surface area contributed by atoms with Gasteiger partial charge in [-0.05, 0) is 25.5 Å². The molecule has 0 aliphatic rings. The zero-order chi connectivity index (χ0) is 18.4. The number of benzene rings is 1. The Morgan fingerprint density at radius 2 is 2.04 bits per heavy atom. The van der Waals surface area contributed by atoms with Gasteiger partial charge in [0.25, 0.3) is 0 Å². The fourth-order valence-electron chi connectivity index (χ4n) is 2.42. The minimum atomic E-state index is -0.563. The molecule has 2 N–H and O–H groups in total. The summed E-state index contributed by atoms with van der Waals surface area (Å²) >= 11 is 1.71. The van der Waals surface area contributed by atoms with Gasteiger partial charge >= 0.3 is 0 Å². The van der Waals surface area contributed by atoms with Crippen LogP contribution in [0.15, 0.2) is 23.2 Å². The van der Waals surface area contributed by atoms with Gasteiger partial charge in [0.1, 0.15) is 11.6 Å². The molecule has 0 radical (unpaired) electrons. The summed E-state index contributed by atoms with van der Waals surface area (Å²) in [6, 6.07) is 3.68. The topological polar surface area (TPSA) is 49.3 Å². The second kappa shape index (κ2) is 8.89. The minimum absolute atomic E-state index is 0.108. The SMILES string of the molecule is CN=C(NCCc1nc(C)c(C)s1)NCC(C)c1ccc(F)cc1F. The smallest absolute Gasteiger partial charge is 0.191 e. The molecular formula is C18H24F2N4S. The Morgan fingerprint density at radius 1 is 1.28 bits per heavy atom. The van der Waals surface area contributed by atoms with Crippen LogP contribution in [0.3, 0.4) is 0 Å². The van der Waals surface area contributed by atoms with E-state index in [1.165, 1.54) is 17.0 Å². The lowest BCUT2D eigenvalue weighted by Gasteiger charge is -2.16. The lowest BCUT2D eigenvalue weighted by molar-refractivity contribution is 0.556. The first-order valence-corrected chi connectivity index (χ1v) is 9.04. The summed E-state index contributed by atoms with van der Waals surface area (Å²) in [6.45, 7) is 7.18. The van der Waals surface area contributed by atoms with Crippen LogP contribution in [0.2, 0.25) is 0 Å². The number of guanidine groups is 1. The number of nitrogens with one attached hydrogen (secondary N) is 2. The summed E-state index contributed by atoms with van der Waals surface area (Å²) in [5.41, 5.74) is 1.57. The molecule has 0 amide bonds. The van der Waals surface area contributed by atoms with Gasteiger partial charge in [-0.25, -0.2) is 13.8 Å². The van der Waals surface area contributed by atoms with Gasteiger partial charge in [-0.15, -0.1) is 11.3 Å². The molecule has 1 aromatic heterocycles. The van der Waals surface area contributed by atoms with Crippen LogP contribution in [0.4, 0.5) is 8.78 Å². The summed E-state index contributed by atoms with van der Waals surface area (Å²) in [4.78, 5) is 9.92. The van der Waals surface area contributed by atoms with E-state index in [0.717, 1.165) is 23.2 Å². The minimum Gasteiger partial charge on any atom is -0.356 e. The molecule has 136 valence electrons. The van der Waals surface area contributed by atoms with Crippen molar-refractivity contribution in [3.8, 4) is 0 Å². The highest BCUT2D eigenvalue weighted by Crippen LogP contribution is 2.19. The Hall–Kier alpha value is -2.02. The summed E-state index contributed by atoms with van der Waals surface area (Å²) in [7, 11) is 1.69. The van der Waals surface area contributed by atoms with E-state index in [1.807, 2.05) is 13.8 Å². The summed E-state index contributed by atoms with van der Waals surface area (Å²) < 4.78 is 26.8. The number of aromatic nitrogens is 1. The molecule has 1 unspecified atom stereocenters. The van der Waals surface area contributed by atoms with Gasteiger partial charge in [0.05, 0.1) is 10.7 Å². The molecular weight excluding hydrogens is 342 g/mol. The van der Waals surface area contributed by atoms with Crippen molar-refractivity contribution in [1.29, 1.82) is 0 Å². The van der Waals surface area contributed by atoms with Crippen molar-refractivity contribution in [3.05, 3.63) is 51.0 Å². The Kier molecular flexibility index (Phi) is 6.87. The molecule has 0 saturated carbocycles. The maximum absolute atomic E-state index is 13.8. The predicted octanol–water partition coefficient (Wildman–Crippen LogP) is 3.55. The molecule has 0 aliphatic heterocycles. The van der Waals surface area contributed by atoms with E-state index in [1.54, 1.807) is 18.4 Å². The number of hydrogen-bond donors (Lipinski definition) is 2. The fourth-order valence-corrected chi connectivity index (χ4v) is 3.35. The standard InChI is InChI=1S/C18H24F2N4S/c1-11(15-6-5-14(19)9-16(15)20)10-23-18(21-4)22-8-7-17-24-12(2)13(3)25-17/h5-6,9,11H,7-8,10H2,1-4H3,(H2,21,22,23). The number of nitrogens with zero attached hydrogens (tertiary/aromatic N) is 2.